The Kier molecular flexibility index (Phi) is 4.90. The van der Waals surface area contributed by atoms with Crippen LogP contribution in [0.5, 0.6) is 0 Å². The van der Waals surface area contributed by atoms with Crippen LogP contribution in [0.3, 0.4) is 0 Å². The van der Waals surface area contributed by atoms with Crippen LogP contribution in [-0.4, -0.2) is 48.5 Å². The topological polar surface area (TPSA) is 59.0 Å². The molecule has 1 heterocycles. The molecule has 0 bridgehead atoms. The Morgan fingerprint density at radius 3 is 2.79 bits per heavy atom. The maximum Gasteiger partial charge on any atom is 0.323 e. The van der Waals surface area contributed by atoms with Gasteiger partial charge in [-0.25, -0.2) is 0 Å². The number of hydrogen-bond donors (Lipinski definition) is 1. The zero-order valence-electron chi connectivity index (χ0n) is 11.0. The average Bonchev–Trinajstić information content (AvgIpc) is 2.83. The summed E-state index contributed by atoms with van der Waals surface area (Å²) in [5.41, 5.74) is 1.08. The largest absolute Gasteiger partial charge is 0.480 e. The highest BCUT2D eigenvalue weighted by Gasteiger charge is 2.39. The van der Waals surface area contributed by atoms with Gasteiger partial charge < -0.3 is 14.6 Å². The summed E-state index contributed by atoms with van der Waals surface area (Å²) in [7, 11) is 1.55. The summed E-state index contributed by atoms with van der Waals surface area (Å²) in [5.74, 6) is -0.854. The summed E-state index contributed by atoms with van der Waals surface area (Å²) in [6, 6.07) is 9.21. The van der Waals surface area contributed by atoms with E-state index in [2.05, 4.69) is 0 Å². The van der Waals surface area contributed by atoms with E-state index < -0.39 is 12.0 Å². The molecule has 5 nitrogen and oxygen atoms in total. The van der Waals surface area contributed by atoms with Crippen molar-refractivity contribution < 1.29 is 19.4 Å². The third kappa shape index (κ3) is 3.53. The Balaban J connectivity index is 1.84. The minimum atomic E-state index is -0.854. The third-order valence-electron chi connectivity index (χ3n) is 3.37. The lowest BCUT2D eigenvalue weighted by Gasteiger charge is -2.23. The van der Waals surface area contributed by atoms with Gasteiger partial charge in [-0.3, -0.25) is 9.69 Å². The number of carboxylic acid groups (broad SMARTS) is 1. The van der Waals surface area contributed by atoms with Crippen LogP contribution in [0.25, 0.3) is 0 Å². The fraction of sp³-hybridized carbons (Fsp3) is 0.500. The first-order chi connectivity index (χ1) is 9.22. The summed E-state index contributed by atoms with van der Waals surface area (Å²) < 4.78 is 10.8. The van der Waals surface area contributed by atoms with Crippen molar-refractivity contribution in [1.82, 2.24) is 4.90 Å². The van der Waals surface area contributed by atoms with Gasteiger partial charge in [-0.2, -0.15) is 0 Å². The number of nitrogens with zero attached hydrogens (tertiary/aromatic N) is 1. The van der Waals surface area contributed by atoms with E-state index in [1.807, 2.05) is 30.3 Å². The molecule has 19 heavy (non-hydrogen) atoms. The number of benzene rings is 1. The van der Waals surface area contributed by atoms with Crippen molar-refractivity contribution in [1.29, 1.82) is 0 Å². The number of likely N-dealkylation sites (tertiary alicyclic amines) is 1. The summed E-state index contributed by atoms with van der Waals surface area (Å²) in [6.07, 6.45) is 0.472. The van der Waals surface area contributed by atoms with Gasteiger partial charge in [0.05, 0.1) is 12.7 Å². The zero-order chi connectivity index (χ0) is 13.7. The second-order valence-corrected chi connectivity index (χ2v) is 4.62. The van der Waals surface area contributed by atoms with Crippen molar-refractivity contribution in [3.8, 4) is 0 Å². The molecule has 2 rings (SSSR count). The van der Waals surface area contributed by atoms with E-state index in [0.717, 1.165) is 12.0 Å². The molecule has 1 aliphatic heterocycles. The van der Waals surface area contributed by atoms with Gasteiger partial charge in [0.15, 0.2) is 0 Å². The van der Waals surface area contributed by atoms with Crippen LogP contribution in [0, 0.1) is 0 Å². The number of methoxy groups -OCH3 is 1. The molecule has 0 radical (unpaired) electrons. The van der Waals surface area contributed by atoms with Crippen LogP contribution in [-0.2, 0) is 20.9 Å². The highest BCUT2D eigenvalue weighted by molar-refractivity contribution is 5.74. The molecule has 0 aliphatic carbocycles. The lowest BCUT2D eigenvalue weighted by Crippen LogP contribution is -2.43. The molecule has 1 aliphatic rings. The van der Waals surface area contributed by atoms with E-state index in [-0.39, 0.29) is 6.10 Å². The minimum absolute atomic E-state index is 0.252. The van der Waals surface area contributed by atoms with E-state index in [1.165, 1.54) is 0 Å². The van der Waals surface area contributed by atoms with Crippen LogP contribution in [0.4, 0.5) is 0 Å². The van der Waals surface area contributed by atoms with Gasteiger partial charge in [0.1, 0.15) is 12.8 Å². The molecule has 0 spiro atoms. The molecule has 1 saturated heterocycles. The average molecular weight is 265 g/mol. The van der Waals surface area contributed by atoms with Crippen LogP contribution in [0.15, 0.2) is 30.3 Å². The molecule has 0 amide bonds. The Morgan fingerprint density at radius 2 is 2.16 bits per heavy atom. The van der Waals surface area contributed by atoms with Crippen molar-refractivity contribution in [2.45, 2.75) is 25.2 Å². The fourth-order valence-electron chi connectivity index (χ4n) is 2.39. The van der Waals surface area contributed by atoms with Gasteiger partial charge in [0.2, 0.25) is 0 Å². The van der Waals surface area contributed by atoms with E-state index in [0.29, 0.717) is 19.9 Å². The molecule has 0 unspecified atom stereocenters. The highest BCUT2D eigenvalue weighted by atomic mass is 16.5. The monoisotopic (exact) mass is 265 g/mol. The summed E-state index contributed by atoms with van der Waals surface area (Å²) in [6.45, 7) is 1.48. The van der Waals surface area contributed by atoms with Gasteiger partial charge in [-0.05, 0) is 12.0 Å². The molecule has 104 valence electrons. The number of ether oxygens (including phenoxy) is 2. The Hall–Kier alpha value is -1.43. The predicted octanol–water partition coefficient (Wildman–Crippen LogP) is 1.33. The first-order valence-electron chi connectivity index (χ1n) is 6.33. The summed E-state index contributed by atoms with van der Waals surface area (Å²) in [5, 5.41) is 9.22. The van der Waals surface area contributed by atoms with Gasteiger partial charge in [-0.1, -0.05) is 30.3 Å². The lowest BCUT2D eigenvalue weighted by atomic mass is 10.2. The van der Waals surface area contributed by atoms with Crippen LogP contribution < -0.4 is 0 Å². The first-order valence-corrected chi connectivity index (χ1v) is 6.33. The highest BCUT2D eigenvalue weighted by Crippen LogP contribution is 2.20. The van der Waals surface area contributed by atoms with E-state index >= 15 is 0 Å². The molecular weight excluding hydrogens is 246 g/mol. The van der Waals surface area contributed by atoms with Crippen molar-refractivity contribution in [3.63, 3.8) is 0 Å². The summed E-state index contributed by atoms with van der Waals surface area (Å²) in [4.78, 5) is 13.0. The second-order valence-electron chi connectivity index (χ2n) is 4.62. The Bertz CT molecular complexity index is 409. The number of carbonyl (C=O) groups is 1. The Morgan fingerprint density at radius 1 is 1.42 bits per heavy atom. The molecule has 0 saturated carbocycles. The van der Waals surface area contributed by atoms with E-state index in [1.54, 1.807) is 12.0 Å². The first kappa shape index (κ1) is 14.0. The van der Waals surface area contributed by atoms with Crippen LogP contribution >= 0.6 is 0 Å². The van der Waals surface area contributed by atoms with Crippen LogP contribution in [0.2, 0.25) is 0 Å². The smallest absolute Gasteiger partial charge is 0.323 e. The summed E-state index contributed by atoms with van der Waals surface area (Å²) >= 11 is 0. The SMILES string of the molecule is CO[C@H]1CCN(COCc2ccccc2)[C@@H]1C(=O)O. The van der Waals surface area contributed by atoms with Crippen molar-refractivity contribution in [2.75, 3.05) is 20.4 Å². The normalized spacial score (nSPS) is 23.6. The quantitative estimate of drug-likeness (QED) is 0.841. The van der Waals surface area contributed by atoms with Gasteiger partial charge in [0.25, 0.3) is 0 Å². The molecule has 1 aromatic carbocycles. The van der Waals surface area contributed by atoms with Gasteiger partial charge in [0, 0.05) is 13.7 Å². The maximum atomic E-state index is 11.2. The molecule has 1 N–H and O–H groups in total. The zero-order valence-corrected chi connectivity index (χ0v) is 11.0. The lowest BCUT2D eigenvalue weighted by molar-refractivity contribution is -0.148. The Labute approximate surface area is 112 Å². The molecule has 1 aromatic rings. The fourth-order valence-corrected chi connectivity index (χ4v) is 2.39. The standard InChI is InChI=1S/C14H19NO4/c1-18-12-7-8-15(13(12)14(16)17)10-19-9-11-5-3-2-4-6-11/h2-6,12-13H,7-10H2,1H3,(H,16,17)/t12-,13-/m0/s1. The van der Waals surface area contributed by atoms with Crippen molar-refractivity contribution in [2.24, 2.45) is 0 Å². The third-order valence-corrected chi connectivity index (χ3v) is 3.37. The molecule has 5 heteroatoms. The molecular formula is C14H19NO4. The molecule has 2 atom stereocenters. The van der Waals surface area contributed by atoms with Crippen molar-refractivity contribution >= 4 is 5.97 Å². The second kappa shape index (κ2) is 6.65. The number of carboxylic acids is 1. The predicted molar refractivity (Wildman–Crippen MR) is 69.6 cm³/mol. The van der Waals surface area contributed by atoms with Crippen molar-refractivity contribution in [3.05, 3.63) is 35.9 Å². The minimum Gasteiger partial charge on any atom is -0.480 e. The number of hydrogen-bond acceptors (Lipinski definition) is 4. The maximum absolute atomic E-state index is 11.2. The molecule has 0 aromatic heterocycles. The van der Waals surface area contributed by atoms with E-state index in [4.69, 9.17) is 9.47 Å². The van der Waals surface area contributed by atoms with Crippen LogP contribution in [0.1, 0.15) is 12.0 Å². The number of rotatable bonds is 6. The number of aliphatic carboxylic acids is 1. The van der Waals surface area contributed by atoms with Gasteiger partial charge >= 0.3 is 5.97 Å². The van der Waals surface area contributed by atoms with Gasteiger partial charge in [-0.15, -0.1) is 0 Å². The molecule has 1 fully saturated rings. The van der Waals surface area contributed by atoms with E-state index in [9.17, 15) is 9.90 Å².